The summed E-state index contributed by atoms with van der Waals surface area (Å²) >= 11 is 6.37. The Labute approximate surface area is 250 Å². The number of aromatic amines is 1. The van der Waals surface area contributed by atoms with Crippen molar-refractivity contribution in [3.63, 3.8) is 0 Å². The molecule has 0 aliphatic heterocycles. The van der Waals surface area contributed by atoms with Gasteiger partial charge >= 0.3 is 0 Å². The van der Waals surface area contributed by atoms with Crippen LogP contribution in [0.2, 0.25) is 5.02 Å². The number of hydrogen-bond acceptors (Lipinski definition) is 7. The molecule has 42 heavy (non-hydrogen) atoms. The Morgan fingerprint density at radius 1 is 1.00 bits per heavy atom. The van der Waals surface area contributed by atoms with Crippen molar-refractivity contribution in [1.82, 2.24) is 14.4 Å². The van der Waals surface area contributed by atoms with Crippen molar-refractivity contribution in [2.45, 2.75) is 31.6 Å². The van der Waals surface area contributed by atoms with Gasteiger partial charge in [-0.3, -0.25) is 4.79 Å². The fraction of sp³-hybridized carbons (Fsp3) is 0.276. The molecule has 4 aromatic rings. The maximum absolute atomic E-state index is 13.1. The number of benzene rings is 3. The summed E-state index contributed by atoms with van der Waals surface area (Å²) in [4.78, 5) is 16.1. The molecule has 0 atom stereocenters. The number of para-hydroxylation sites is 1. The molecule has 1 aromatic heterocycles. The van der Waals surface area contributed by atoms with Crippen LogP contribution in [0.3, 0.4) is 0 Å². The average molecular weight is 634 g/mol. The predicted octanol–water partition coefficient (Wildman–Crippen LogP) is 4.50. The molecule has 0 aliphatic rings. The van der Waals surface area contributed by atoms with Gasteiger partial charge in [-0.15, -0.1) is 0 Å². The maximum atomic E-state index is 13.1. The van der Waals surface area contributed by atoms with Crippen LogP contribution in [0.1, 0.15) is 33.6 Å². The number of sulfonamides is 2. The van der Waals surface area contributed by atoms with Crippen LogP contribution < -0.4 is 18.9 Å². The van der Waals surface area contributed by atoms with Crippen LogP contribution in [-0.2, 0) is 26.5 Å². The van der Waals surface area contributed by atoms with E-state index in [-0.39, 0.29) is 10.6 Å². The molecule has 0 spiro atoms. The number of carbonyl (C=O) groups excluding carboxylic acids is 1. The number of H-pyrrole nitrogens is 1. The van der Waals surface area contributed by atoms with E-state index < -0.39 is 38.3 Å². The molecule has 0 radical (unpaired) electrons. The summed E-state index contributed by atoms with van der Waals surface area (Å²) in [5, 5.41) is 1.33. The van der Waals surface area contributed by atoms with Gasteiger partial charge in [-0.2, -0.15) is 0 Å². The normalized spacial score (nSPS) is 11.9. The van der Waals surface area contributed by atoms with Crippen molar-refractivity contribution in [3.05, 3.63) is 88.1 Å². The first-order chi connectivity index (χ1) is 19.9. The van der Waals surface area contributed by atoms with E-state index in [1.165, 1.54) is 31.4 Å². The number of hydrogen-bond donors (Lipinski definition) is 3. The highest BCUT2D eigenvalue weighted by Crippen LogP contribution is 2.30. The molecule has 0 saturated carbocycles. The number of aromatic nitrogens is 1. The molecule has 13 heteroatoms. The van der Waals surface area contributed by atoms with Crippen molar-refractivity contribution >= 4 is 48.5 Å². The number of halogens is 1. The molecule has 3 N–H and O–H groups in total. The summed E-state index contributed by atoms with van der Waals surface area (Å²) < 4.78 is 65.7. The Morgan fingerprint density at radius 3 is 2.43 bits per heavy atom. The van der Waals surface area contributed by atoms with Crippen molar-refractivity contribution in [1.29, 1.82) is 0 Å². The van der Waals surface area contributed by atoms with E-state index in [0.717, 1.165) is 16.5 Å². The standard InChI is InChI=1S/C29H32ClN3O7S2/c1-19-17-20(2)27(30)26(18-19)40-15-6-8-24-23-7-4-5-9-25(23)32-28(24)29(34)33-41(35,36)16-14-31-42(37,38)22-12-10-21(39-3)11-13-22/h4-5,7,9-13,17-18,31-32H,6,8,14-16H2,1-3H3,(H,33,34). The fourth-order valence-electron chi connectivity index (χ4n) is 4.49. The number of rotatable bonds is 13. The van der Waals surface area contributed by atoms with Gasteiger partial charge in [0.2, 0.25) is 20.0 Å². The second kappa shape index (κ2) is 13.2. The molecule has 4 rings (SSSR count). The molecule has 1 heterocycles. The second-order valence-corrected chi connectivity index (χ2v) is 13.7. The van der Waals surface area contributed by atoms with Gasteiger partial charge in [-0.25, -0.2) is 26.3 Å². The van der Waals surface area contributed by atoms with Crippen molar-refractivity contribution in [3.8, 4) is 11.5 Å². The van der Waals surface area contributed by atoms with E-state index in [1.54, 1.807) is 12.1 Å². The Bertz CT molecular complexity index is 1800. The zero-order valence-electron chi connectivity index (χ0n) is 23.4. The van der Waals surface area contributed by atoms with E-state index in [2.05, 4.69) is 14.4 Å². The highest BCUT2D eigenvalue weighted by Gasteiger charge is 2.23. The molecule has 10 nitrogen and oxygen atoms in total. The highest BCUT2D eigenvalue weighted by molar-refractivity contribution is 7.90. The van der Waals surface area contributed by atoms with Gasteiger partial charge in [-0.1, -0.05) is 35.9 Å². The number of methoxy groups -OCH3 is 1. The van der Waals surface area contributed by atoms with Crippen LogP contribution in [0.4, 0.5) is 0 Å². The Hall–Kier alpha value is -3.58. The third-order valence-corrected chi connectivity index (χ3v) is 9.71. The van der Waals surface area contributed by atoms with Gasteiger partial charge < -0.3 is 14.5 Å². The summed E-state index contributed by atoms with van der Waals surface area (Å²) in [7, 11) is -6.68. The quantitative estimate of drug-likeness (QED) is 0.184. The maximum Gasteiger partial charge on any atom is 0.281 e. The van der Waals surface area contributed by atoms with E-state index in [0.29, 0.717) is 47.1 Å². The molecular formula is C29H32ClN3O7S2. The lowest BCUT2D eigenvalue weighted by atomic mass is 10.1. The van der Waals surface area contributed by atoms with Crippen LogP contribution in [0.25, 0.3) is 10.9 Å². The van der Waals surface area contributed by atoms with Gasteiger partial charge in [-0.05, 0) is 79.8 Å². The monoisotopic (exact) mass is 633 g/mol. The van der Waals surface area contributed by atoms with Crippen LogP contribution in [0.5, 0.6) is 11.5 Å². The Balaban J connectivity index is 1.40. The van der Waals surface area contributed by atoms with E-state index in [9.17, 15) is 21.6 Å². The number of carbonyl (C=O) groups is 1. The van der Waals surface area contributed by atoms with Gasteiger partial charge in [0.05, 0.1) is 29.4 Å². The molecule has 0 fully saturated rings. The van der Waals surface area contributed by atoms with Gasteiger partial charge in [0, 0.05) is 17.4 Å². The zero-order valence-corrected chi connectivity index (χ0v) is 25.8. The largest absolute Gasteiger partial charge is 0.497 e. The molecule has 1 amide bonds. The minimum atomic E-state index is -4.18. The van der Waals surface area contributed by atoms with Crippen molar-refractivity contribution in [2.24, 2.45) is 0 Å². The van der Waals surface area contributed by atoms with Crippen molar-refractivity contribution in [2.75, 3.05) is 26.0 Å². The molecule has 0 aliphatic carbocycles. The van der Waals surface area contributed by atoms with Gasteiger partial charge in [0.15, 0.2) is 0 Å². The number of fused-ring (bicyclic) bond motifs is 1. The minimum absolute atomic E-state index is 0.0452. The fourth-order valence-corrected chi connectivity index (χ4v) is 6.67. The van der Waals surface area contributed by atoms with E-state index in [4.69, 9.17) is 21.1 Å². The highest BCUT2D eigenvalue weighted by atomic mass is 35.5. The van der Waals surface area contributed by atoms with Crippen LogP contribution in [0.15, 0.2) is 65.6 Å². The lowest BCUT2D eigenvalue weighted by Crippen LogP contribution is -2.37. The predicted molar refractivity (Wildman–Crippen MR) is 162 cm³/mol. The topological polar surface area (TPSA) is 144 Å². The molecule has 0 saturated heterocycles. The summed E-state index contributed by atoms with van der Waals surface area (Å²) in [5.41, 5.74) is 3.38. The van der Waals surface area contributed by atoms with E-state index in [1.807, 2.05) is 38.1 Å². The Morgan fingerprint density at radius 2 is 1.71 bits per heavy atom. The first-order valence-electron chi connectivity index (χ1n) is 13.1. The lowest BCUT2D eigenvalue weighted by molar-refractivity contribution is 0.0976. The van der Waals surface area contributed by atoms with Gasteiger partial charge in [0.25, 0.3) is 5.91 Å². The van der Waals surface area contributed by atoms with Gasteiger partial charge in [0.1, 0.15) is 17.2 Å². The Kier molecular flexibility index (Phi) is 9.82. The SMILES string of the molecule is COc1ccc(S(=O)(=O)NCCS(=O)(=O)NC(=O)c2[nH]c3ccccc3c2CCCOc2cc(C)cc(C)c2Cl)cc1. The molecule has 3 aromatic carbocycles. The number of aryl methyl sites for hydroxylation is 3. The van der Waals surface area contributed by atoms with Crippen LogP contribution in [0, 0.1) is 13.8 Å². The summed E-state index contributed by atoms with van der Waals surface area (Å²) in [5.74, 6) is -0.417. The number of ether oxygens (including phenoxy) is 2. The number of amides is 1. The lowest BCUT2D eigenvalue weighted by Gasteiger charge is -2.12. The van der Waals surface area contributed by atoms with Crippen molar-refractivity contribution < 1.29 is 31.1 Å². The first-order valence-corrected chi connectivity index (χ1v) is 16.6. The third-order valence-electron chi connectivity index (χ3n) is 6.52. The summed E-state index contributed by atoms with van der Waals surface area (Å²) in [6.45, 7) is 3.75. The molecule has 0 unspecified atom stereocenters. The van der Waals surface area contributed by atoms with Crippen LogP contribution >= 0.6 is 11.6 Å². The first kappa shape index (κ1) is 31.4. The second-order valence-electron chi connectivity index (χ2n) is 9.69. The van der Waals surface area contributed by atoms with Crippen LogP contribution in [-0.4, -0.2) is 53.7 Å². The minimum Gasteiger partial charge on any atom is -0.497 e. The summed E-state index contributed by atoms with van der Waals surface area (Å²) in [6.07, 6.45) is 0.961. The summed E-state index contributed by atoms with van der Waals surface area (Å²) in [6, 6.07) is 16.8. The molecule has 224 valence electrons. The smallest absolute Gasteiger partial charge is 0.281 e. The zero-order chi connectivity index (χ0) is 30.5. The third kappa shape index (κ3) is 7.62. The number of nitrogens with one attached hydrogen (secondary N) is 3. The average Bonchev–Trinajstić information content (AvgIpc) is 3.32. The molecule has 0 bridgehead atoms. The van der Waals surface area contributed by atoms with E-state index >= 15 is 0 Å². The molecular weight excluding hydrogens is 602 g/mol.